The SMILES string of the molecule is CN(c1ccccc1)S(=O)(=O)c1ccccc1C(=O)OCC(=O)NC1CCCCCCC1. The Morgan fingerprint density at radius 3 is 2.22 bits per heavy atom. The molecule has 1 N–H and O–H groups in total. The van der Waals surface area contributed by atoms with E-state index < -0.39 is 22.6 Å². The molecule has 32 heavy (non-hydrogen) atoms. The van der Waals surface area contributed by atoms with E-state index in [-0.39, 0.29) is 22.4 Å². The van der Waals surface area contributed by atoms with E-state index in [0.717, 1.165) is 30.0 Å². The molecule has 0 unspecified atom stereocenters. The predicted octanol–water partition coefficient (Wildman–Crippen LogP) is 3.90. The molecule has 0 spiro atoms. The lowest BCUT2D eigenvalue weighted by molar-refractivity contribution is -0.125. The van der Waals surface area contributed by atoms with Crippen molar-refractivity contribution in [2.75, 3.05) is 18.0 Å². The second-order valence-electron chi connectivity index (χ2n) is 7.99. The van der Waals surface area contributed by atoms with Gasteiger partial charge >= 0.3 is 5.97 Å². The number of esters is 1. The number of nitrogens with zero attached hydrogens (tertiary/aromatic N) is 1. The molecule has 1 aliphatic carbocycles. The van der Waals surface area contributed by atoms with Crippen molar-refractivity contribution in [3.63, 3.8) is 0 Å². The maximum Gasteiger partial charge on any atom is 0.340 e. The molecule has 2 aromatic rings. The van der Waals surface area contributed by atoms with Gasteiger partial charge in [-0.25, -0.2) is 13.2 Å². The van der Waals surface area contributed by atoms with E-state index in [0.29, 0.717) is 5.69 Å². The highest BCUT2D eigenvalue weighted by atomic mass is 32.2. The summed E-state index contributed by atoms with van der Waals surface area (Å²) in [5.74, 6) is -1.22. The summed E-state index contributed by atoms with van der Waals surface area (Å²) in [6, 6.07) is 14.5. The number of para-hydroxylation sites is 1. The zero-order valence-corrected chi connectivity index (χ0v) is 19.1. The molecule has 0 aliphatic heterocycles. The maximum absolute atomic E-state index is 13.2. The first-order chi connectivity index (χ1) is 15.4. The van der Waals surface area contributed by atoms with Crippen molar-refractivity contribution in [3.05, 3.63) is 60.2 Å². The zero-order chi connectivity index (χ0) is 23.0. The van der Waals surface area contributed by atoms with E-state index in [2.05, 4.69) is 5.32 Å². The second kappa shape index (κ2) is 11.1. The van der Waals surface area contributed by atoms with Gasteiger partial charge in [0.2, 0.25) is 0 Å². The Morgan fingerprint density at radius 1 is 0.938 bits per heavy atom. The van der Waals surface area contributed by atoms with Crippen molar-refractivity contribution < 1.29 is 22.7 Å². The standard InChI is InChI=1S/C24H30N2O5S/c1-26(20-14-8-5-9-15-20)32(29,30)22-17-11-10-16-21(22)24(28)31-18-23(27)25-19-12-6-3-2-4-7-13-19/h5,8-11,14-17,19H,2-4,6-7,12-13,18H2,1H3,(H,25,27). The molecule has 7 nitrogen and oxygen atoms in total. The van der Waals surface area contributed by atoms with Crippen LogP contribution in [0.5, 0.6) is 0 Å². The monoisotopic (exact) mass is 458 g/mol. The molecule has 0 bridgehead atoms. The van der Waals surface area contributed by atoms with Gasteiger partial charge in [-0.05, 0) is 37.1 Å². The van der Waals surface area contributed by atoms with Gasteiger partial charge in [0.1, 0.15) is 4.90 Å². The number of amides is 1. The summed E-state index contributed by atoms with van der Waals surface area (Å²) in [6.07, 6.45) is 7.57. The largest absolute Gasteiger partial charge is 0.452 e. The molecule has 0 atom stereocenters. The van der Waals surface area contributed by atoms with Gasteiger partial charge in [-0.15, -0.1) is 0 Å². The van der Waals surface area contributed by atoms with Gasteiger partial charge in [-0.2, -0.15) is 0 Å². The molecule has 8 heteroatoms. The molecule has 3 rings (SSSR count). The lowest BCUT2D eigenvalue weighted by atomic mass is 9.97. The van der Waals surface area contributed by atoms with Crippen LogP contribution in [0.2, 0.25) is 0 Å². The predicted molar refractivity (Wildman–Crippen MR) is 123 cm³/mol. The smallest absolute Gasteiger partial charge is 0.340 e. The van der Waals surface area contributed by atoms with Crippen LogP contribution in [0.15, 0.2) is 59.5 Å². The number of anilines is 1. The van der Waals surface area contributed by atoms with Gasteiger partial charge in [-0.1, -0.05) is 62.4 Å². The highest BCUT2D eigenvalue weighted by Crippen LogP contribution is 2.25. The van der Waals surface area contributed by atoms with Crippen molar-refractivity contribution in [3.8, 4) is 0 Å². The van der Waals surface area contributed by atoms with E-state index in [1.165, 1.54) is 38.4 Å². The van der Waals surface area contributed by atoms with Crippen LogP contribution < -0.4 is 9.62 Å². The van der Waals surface area contributed by atoms with E-state index in [1.807, 2.05) is 0 Å². The Morgan fingerprint density at radius 2 is 1.53 bits per heavy atom. The zero-order valence-electron chi connectivity index (χ0n) is 18.3. The molecule has 0 heterocycles. The number of nitrogens with one attached hydrogen (secondary N) is 1. The topological polar surface area (TPSA) is 92.8 Å². The van der Waals surface area contributed by atoms with Crippen LogP contribution in [0, 0.1) is 0 Å². The molecule has 1 fully saturated rings. The number of carbonyl (C=O) groups is 2. The van der Waals surface area contributed by atoms with Gasteiger partial charge in [0.25, 0.3) is 15.9 Å². The van der Waals surface area contributed by atoms with E-state index in [9.17, 15) is 18.0 Å². The van der Waals surface area contributed by atoms with Gasteiger partial charge in [0, 0.05) is 13.1 Å². The second-order valence-corrected chi connectivity index (χ2v) is 9.93. The number of rotatable bonds is 7. The molecule has 1 amide bonds. The van der Waals surface area contributed by atoms with Crippen molar-refractivity contribution >= 4 is 27.6 Å². The van der Waals surface area contributed by atoms with Crippen LogP contribution in [0.3, 0.4) is 0 Å². The fourth-order valence-corrected chi connectivity index (χ4v) is 5.24. The highest BCUT2D eigenvalue weighted by molar-refractivity contribution is 7.92. The third kappa shape index (κ3) is 6.09. The fraction of sp³-hybridized carbons (Fsp3) is 0.417. The molecule has 1 saturated carbocycles. The van der Waals surface area contributed by atoms with Crippen molar-refractivity contribution in [1.29, 1.82) is 0 Å². The summed E-state index contributed by atoms with van der Waals surface area (Å²) in [5, 5.41) is 2.94. The summed E-state index contributed by atoms with van der Waals surface area (Å²) in [6.45, 7) is -0.446. The normalized spacial score (nSPS) is 15.3. The summed E-state index contributed by atoms with van der Waals surface area (Å²) < 4.78 is 32.6. The Bertz CT molecular complexity index is 1020. The molecule has 0 saturated heterocycles. The number of benzene rings is 2. The van der Waals surface area contributed by atoms with Crippen molar-refractivity contribution in [2.24, 2.45) is 0 Å². The first-order valence-electron chi connectivity index (χ1n) is 11.0. The average molecular weight is 459 g/mol. The molecular weight excluding hydrogens is 428 g/mol. The average Bonchev–Trinajstić information content (AvgIpc) is 2.79. The number of ether oxygens (including phenoxy) is 1. The Balaban J connectivity index is 1.67. The third-order valence-corrected chi connectivity index (χ3v) is 7.51. The molecule has 1 aliphatic rings. The fourth-order valence-electron chi connectivity index (χ4n) is 3.86. The highest BCUT2D eigenvalue weighted by Gasteiger charge is 2.28. The Kier molecular flexibility index (Phi) is 8.27. The van der Waals surface area contributed by atoms with Crippen LogP contribution in [-0.4, -0.2) is 40.0 Å². The maximum atomic E-state index is 13.2. The lowest BCUT2D eigenvalue weighted by Crippen LogP contribution is -2.38. The molecule has 2 aromatic carbocycles. The van der Waals surface area contributed by atoms with Gasteiger partial charge in [0.05, 0.1) is 11.3 Å². The van der Waals surface area contributed by atoms with E-state index in [4.69, 9.17) is 4.74 Å². The number of sulfonamides is 1. The van der Waals surface area contributed by atoms with Crippen molar-refractivity contribution in [1.82, 2.24) is 5.32 Å². The van der Waals surface area contributed by atoms with Crippen LogP contribution in [-0.2, 0) is 19.6 Å². The first-order valence-corrected chi connectivity index (χ1v) is 12.4. The minimum atomic E-state index is -4.00. The minimum absolute atomic E-state index is 0.0914. The molecule has 0 radical (unpaired) electrons. The van der Waals surface area contributed by atoms with Crippen LogP contribution >= 0.6 is 0 Å². The summed E-state index contributed by atoms with van der Waals surface area (Å²) in [7, 11) is -2.58. The number of hydrogen-bond acceptors (Lipinski definition) is 5. The van der Waals surface area contributed by atoms with E-state index in [1.54, 1.807) is 42.5 Å². The van der Waals surface area contributed by atoms with Crippen LogP contribution in [0.1, 0.15) is 55.3 Å². The van der Waals surface area contributed by atoms with E-state index >= 15 is 0 Å². The third-order valence-electron chi connectivity index (χ3n) is 5.67. The summed E-state index contributed by atoms with van der Waals surface area (Å²) >= 11 is 0. The van der Waals surface area contributed by atoms with Gasteiger partial charge in [0.15, 0.2) is 6.61 Å². The first kappa shape index (κ1) is 23.8. The number of carbonyl (C=O) groups excluding carboxylic acids is 2. The van der Waals surface area contributed by atoms with Gasteiger partial charge in [-0.3, -0.25) is 9.10 Å². The Hall–Kier alpha value is -2.87. The summed E-state index contributed by atoms with van der Waals surface area (Å²) in [5.41, 5.74) is 0.364. The Labute approximate surface area is 189 Å². The van der Waals surface area contributed by atoms with Crippen molar-refractivity contribution in [2.45, 2.75) is 55.9 Å². The summed E-state index contributed by atoms with van der Waals surface area (Å²) in [4.78, 5) is 24.8. The quantitative estimate of drug-likeness (QED) is 0.636. The number of hydrogen-bond donors (Lipinski definition) is 1. The minimum Gasteiger partial charge on any atom is -0.452 e. The van der Waals surface area contributed by atoms with Gasteiger partial charge < -0.3 is 10.1 Å². The lowest BCUT2D eigenvalue weighted by Gasteiger charge is -2.21. The molecular formula is C24H30N2O5S. The molecule has 0 aromatic heterocycles. The van der Waals surface area contributed by atoms with Crippen LogP contribution in [0.4, 0.5) is 5.69 Å². The molecule has 172 valence electrons. The van der Waals surface area contributed by atoms with Crippen LogP contribution in [0.25, 0.3) is 0 Å².